The van der Waals surface area contributed by atoms with Crippen molar-refractivity contribution in [3.8, 4) is 0 Å². The van der Waals surface area contributed by atoms with Crippen LogP contribution in [0.15, 0.2) is 12.3 Å². The molecule has 1 rings (SSSR count). The first-order chi connectivity index (χ1) is 5.33. The van der Waals surface area contributed by atoms with E-state index in [9.17, 15) is 4.79 Å². The van der Waals surface area contributed by atoms with Gasteiger partial charge in [0.2, 0.25) is 0 Å². The Bertz CT molecular complexity index is 161. The van der Waals surface area contributed by atoms with Gasteiger partial charge in [-0.25, -0.2) is 4.79 Å². The van der Waals surface area contributed by atoms with E-state index in [1.54, 1.807) is 13.1 Å². The van der Waals surface area contributed by atoms with Crippen LogP contribution in [0.2, 0.25) is 0 Å². The molecule has 0 aliphatic heterocycles. The first kappa shape index (κ1) is 8.11. The molecule has 0 amide bonds. The highest BCUT2D eigenvalue weighted by atomic mass is 16.5. The van der Waals surface area contributed by atoms with Crippen LogP contribution < -0.4 is 5.32 Å². The summed E-state index contributed by atoms with van der Waals surface area (Å²) in [6.07, 6.45) is 5.51. The summed E-state index contributed by atoms with van der Waals surface area (Å²) in [5.41, 5.74) is 0. The van der Waals surface area contributed by atoms with Crippen molar-refractivity contribution in [3.63, 3.8) is 0 Å². The summed E-state index contributed by atoms with van der Waals surface area (Å²) in [6, 6.07) is 0.598. The van der Waals surface area contributed by atoms with Crippen LogP contribution >= 0.6 is 0 Å². The van der Waals surface area contributed by atoms with Crippen molar-refractivity contribution >= 4 is 5.97 Å². The van der Waals surface area contributed by atoms with Crippen LogP contribution in [0.1, 0.15) is 19.8 Å². The van der Waals surface area contributed by atoms with Gasteiger partial charge >= 0.3 is 5.97 Å². The molecule has 3 nitrogen and oxygen atoms in total. The fraction of sp³-hybridized carbons (Fsp3) is 0.625. The molecule has 62 valence electrons. The highest BCUT2D eigenvalue weighted by Gasteiger charge is 2.18. The molecule has 0 saturated heterocycles. The van der Waals surface area contributed by atoms with Gasteiger partial charge in [-0.15, -0.1) is 0 Å². The van der Waals surface area contributed by atoms with Gasteiger partial charge in [0.1, 0.15) is 0 Å². The maximum absolute atomic E-state index is 10.7. The number of esters is 1. The first-order valence-electron chi connectivity index (χ1n) is 3.92. The molecule has 0 aromatic heterocycles. The molecule has 3 heteroatoms. The molecule has 1 fully saturated rings. The Kier molecular flexibility index (Phi) is 2.95. The summed E-state index contributed by atoms with van der Waals surface area (Å²) in [5, 5.41) is 3.06. The SMILES string of the molecule is CCOC(=O)/C=C\NC1CC1. The summed E-state index contributed by atoms with van der Waals surface area (Å²) in [5.74, 6) is -0.277. The predicted octanol–water partition coefficient (Wildman–Crippen LogP) is 0.815. The minimum Gasteiger partial charge on any atom is -0.463 e. The lowest BCUT2D eigenvalue weighted by molar-refractivity contribution is -0.137. The van der Waals surface area contributed by atoms with Gasteiger partial charge in [-0.1, -0.05) is 0 Å². The largest absolute Gasteiger partial charge is 0.463 e. The van der Waals surface area contributed by atoms with Crippen LogP contribution in [0.3, 0.4) is 0 Å². The van der Waals surface area contributed by atoms with E-state index >= 15 is 0 Å². The Morgan fingerprint density at radius 1 is 1.73 bits per heavy atom. The second-order valence-electron chi connectivity index (χ2n) is 2.53. The molecule has 0 bridgehead atoms. The van der Waals surface area contributed by atoms with E-state index in [1.165, 1.54) is 18.9 Å². The Labute approximate surface area is 66.4 Å². The van der Waals surface area contributed by atoms with E-state index in [-0.39, 0.29) is 5.97 Å². The summed E-state index contributed by atoms with van der Waals surface area (Å²) < 4.78 is 4.68. The Morgan fingerprint density at radius 3 is 3.00 bits per heavy atom. The molecule has 0 aromatic carbocycles. The quantitative estimate of drug-likeness (QED) is 0.482. The lowest BCUT2D eigenvalue weighted by atomic mass is 10.6. The van der Waals surface area contributed by atoms with Crippen LogP contribution in [-0.2, 0) is 9.53 Å². The molecule has 0 radical (unpaired) electrons. The third-order valence-corrected chi connectivity index (χ3v) is 1.42. The van der Waals surface area contributed by atoms with Gasteiger partial charge in [-0.3, -0.25) is 0 Å². The maximum atomic E-state index is 10.7. The molecule has 0 atom stereocenters. The van der Waals surface area contributed by atoms with Crippen molar-refractivity contribution < 1.29 is 9.53 Å². The van der Waals surface area contributed by atoms with Crippen LogP contribution in [0.4, 0.5) is 0 Å². The summed E-state index contributed by atoms with van der Waals surface area (Å²) in [4.78, 5) is 10.7. The maximum Gasteiger partial charge on any atom is 0.332 e. The smallest absolute Gasteiger partial charge is 0.332 e. The molecule has 0 aromatic rings. The zero-order chi connectivity index (χ0) is 8.10. The van der Waals surface area contributed by atoms with Gasteiger partial charge in [-0.2, -0.15) is 0 Å². The lowest BCUT2D eigenvalue weighted by Crippen LogP contribution is -2.08. The van der Waals surface area contributed by atoms with Crippen LogP contribution in [0.25, 0.3) is 0 Å². The number of rotatable bonds is 4. The highest BCUT2D eigenvalue weighted by molar-refractivity contribution is 5.81. The monoisotopic (exact) mass is 155 g/mol. The molecular weight excluding hydrogens is 142 g/mol. The topological polar surface area (TPSA) is 38.3 Å². The van der Waals surface area contributed by atoms with Crippen LogP contribution in [0.5, 0.6) is 0 Å². The number of nitrogens with one attached hydrogen (secondary N) is 1. The van der Waals surface area contributed by atoms with Crippen LogP contribution in [-0.4, -0.2) is 18.6 Å². The molecule has 0 unspecified atom stereocenters. The molecule has 0 spiro atoms. The number of ether oxygens (including phenoxy) is 1. The molecule has 11 heavy (non-hydrogen) atoms. The van der Waals surface area contributed by atoms with Gasteiger partial charge in [-0.05, 0) is 19.8 Å². The van der Waals surface area contributed by atoms with Gasteiger partial charge in [0.25, 0.3) is 0 Å². The standard InChI is InChI=1S/C8H13NO2/c1-2-11-8(10)5-6-9-7-3-4-7/h5-7,9H,2-4H2,1H3/b6-5-. The van der Waals surface area contributed by atoms with Gasteiger partial charge in [0, 0.05) is 18.3 Å². The summed E-state index contributed by atoms with van der Waals surface area (Å²) in [7, 11) is 0. The fourth-order valence-electron chi connectivity index (χ4n) is 0.693. The molecule has 1 aliphatic carbocycles. The average molecular weight is 155 g/mol. The summed E-state index contributed by atoms with van der Waals surface area (Å²) in [6.45, 7) is 2.23. The van der Waals surface area contributed by atoms with E-state index in [2.05, 4.69) is 10.1 Å². The molecule has 1 aliphatic rings. The van der Waals surface area contributed by atoms with E-state index in [0.29, 0.717) is 12.6 Å². The zero-order valence-corrected chi connectivity index (χ0v) is 6.67. The molecule has 1 saturated carbocycles. The molecule has 1 N–H and O–H groups in total. The number of hydrogen-bond acceptors (Lipinski definition) is 3. The van der Waals surface area contributed by atoms with Gasteiger partial charge in [0.15, 0.2) is 0 Å². The highest BCUT2D eigenvalue weighted by Crippen LogP contribution is 2.18. The average Bonchev–Trinajstić information content (AvgIpc) is 2.72. The third-order valence-electron chi connectivity index (χ3n) is 1.42. The second kappa shape index (κ2) is 4.01. The third kappa shape index (κ3) is 3.65. The fourth-order valence-corrected chi connectivity index (χ4v) is 0.693. The zero-order valence-electron chi connectivity index (χ0n) is 6.67. The summed E-state index contributed by atoms with van der Waals surface area (Å²) >= 11 is 0. The Balaban J connectivity index is 2.06. The van der Waals surface area contributed by atoms with E-state index in [4.69, 9.17) is 0 Å². The van der Waals surface area contributed by atoms with E-state index < -0.39 is 0 Å². The minimum absolute atomic E-state index is 0.277. The van der Waals surface area contributed by atoms with Crippen molar-refractivity contribution in [1.82, 2.24) is 5.32 Å². The number of carbonyl (C=O) groups excluding carboxylic acids is 1. The van der Waals surface area contributed by atoms with Crippen molar-refractivity contribution in [2.75, 3.05) is 6.61 Å². The van der Waals surface area contributed by atoms with Crippen molar-refractivity contribution in [2.45, 2.75) is 25.8 Å². The van der Waals surface area contributed by atoms with Crippen molar-refractivity contribution in [1.29, 1.82) is 0 Å². The second-order valence-corrected chi connectivity index (χ2v) is 2.53. The number of hydrogen-bond donors (Lipinski definition) is 1. The molecular formula is C8H13NO2. The Hall–Kier alpha value is -0.990. The number of carbonyl (C=O) groups is 1. The minimum atomic E-state index is -0.277. The van der Waals surface area contributed by atoms with Crippen LogP contribution in [0, 0.1) is 0 Å². The van der Waals surface area contributed by atoms with E-state index in [0.717, 1.165) is 0 Å². The van der Waals surface area contributed by atoms with E-state index in [1.807, 2.05) is 0 Å². The lowest BCUT2D eigenvalue weighted by Gasteiger charge is -1.95. The van der Waals surface area contributed by atoms with Crippen molar-refractivity contribution in [3.05, 3.63) is 12.3 Å². The predicted molar refractivity (Wildman–Crippen MR) is 41.9 cm³/mol. The van der Waals surface area contributed by atoms with Crippen molar-refractivity contribution in [2.24, 2.45) is 0 Å². The first-order valence-corrected chi connectivity index (χ1v) is 3.92. The van der Waals surface area contributed by atoms with Gasteiger partial charge in [0.05, 0.1) is 6.61 Å². The molecule has 0 heterocycles. The Morgan fingerprint density at radius 2 is 2.45 bits per heavy atom. The van der Waals surface area contributed by atoms with Gasteiger partial charge < -0.3 is 10.1 Å². The normalized spacial score (nSPS) is 16.8.